The van der Waals surface area contributed by atoms with Gasteiger partial charge in [-0.25, -0.2) is 0 Å². The van der Waals surface area contributed by atoms with Crippen molar-refractivity contribution in [1.29, 1.82) is 0 Å². The molecule has 164 valence electrons. The molecule has 0 amide bonds. The Labute approximate surface area is 170 Å². The molecule has 0 radical (unpaired) electrons. The lowest BCUT2D eigenvalue weighted by molar-refractivity contribution is -0.537. The average molecular weight is 412 g/mol. The molecule has 0 heterocycles. The summed E-state index contributed by atoms with van der Waals surface area (Å²) in [5, 5.41) is 22.8. The van der Waals surface area contributed by atoms with Crippen molar-refractivity contribution in [3.63, 3.8) is 0 Å². The smallest absolute Gasteiger partial charge is 0.317 e. The quantitative estimate of drug-likeness (QED) is 0.257. The van der Waals surface area contributed by atoms with Gasteiger partial charge >= 0.3 is 11.9 Å². The predicted molar refractivity (Wildman–Crippen MR) is 104 cm³/mol. The molecule has 0 aromatic heterocycles. The Morgan fingerprint density at radius 2 is 1.14 bits per heavy atom. The first-order valence-electron chi connectivity index (χ1n) is 10.8. The van der Waals surface area contributed by atoms with Crippen LogP contribution in [0.25, 0.3) is 0 Å². The maximum Gasteiger partial charge on any atom is 0.317 e. The van der Waals surface area contributed by atoms with Gasteiger partial charge in [0.2, 0.25) is 12.1 Å². The Morgan fingerprint density at radius 3 is 1.45 bits per heavy atom. The van der Waals surface area contributed by atoms with Crippen molar-refractivity contribution in [2.75, 3.05) is 0 Å². The second-order valence-corrected chi connectivity index (χ2v) is 8.37. The third-order valence-electron chi connectivity index (χ3n) is 6.82. The maximum atomic E-state index is 12.8. The summed E-state index contributed by atoms with van der Waals surface area (Å²) >= 11 is 0. The number of hydrogen-bond acceptors (Lipinski definition) is 7. The van der Waals surface area contributed by atoms with Crippen LogP contribution in [0.5, 0.6) is 0 Å². The van der Waals surface area contributed by atoms with Gasteiger partial charge in [0, 0.05) is 34.5 Å². The van der Waals surface area contributed by atoms with Crippen molar-refractivity contribution in [2.45, 2.75) is 90.1 Å². The van der Waals surface area contributed by atoms with E-state index in [1.807, 2.05) is 0 Å². The van der Waals surface area contributed by atoms with Gasteiger partial charge in [0.25, 0.3) is 0 Å². The van der Waals surface area contributed by atoms with Gasteiger partial charge in [-0.15, -0.1) is 0 Å². The van der Waals surface area contributed by atoms with Crippen LogP contribution in [-0.2, 0) is 14.3 Å². The number of nitrogens with zero attached hydrogens (tertiary/aromatic N) is 2. The van der Waals surface area contributed by atoms with Gasteiger partial charge in [0.05, 0.1) is 11.8 Å². The van der Waals surface area contributed by atoms with E-state index in [-0.39, 0.29) is 9.85 Å². The third-order valence-corrected chi connectivity index (χ3v) is 6.82. The lowest BCUT2D eigenvalue weighted by Crippen LogP contribution is -2.43. The van der Waals surface area contributed by atoms with Crippen LogP contribution >= 0.6 is 0 Å². The highest BCUT2D eigenvalue weighted by molar-refractivity contribution is 5.88. The van der Waals surface area contributed by atoms with E-state index in [1.54, 1.807) is 13.8 Å². The van der Waals surface area contributed by atoms with Gasteiger partial charge < -0.3 is 4.74 Å². The molecule has 9 heteroatoms. The van der Waals surface area contributed by atoms with Crippen LogP contribution in [0.4, 0.5) is 0 Å². The van der Waals surface area contributed by atoms with Gasteiger partial charge in [0.15, 0.2) is 0 Å². The van der Waals surface area contributed by atoms with Crippen LogP contribution in [0.2, 0.25) is 0 Å². The summed E-state index contributed by atoms with van der Waals surface area (Å²) < 4.78 is 5.20. The molecule has 2 fully saturated rings. The molecule has 2 saturated carbocycles. The van der Waals surface area contributed by atoms with E-state index in [0.717, 1.165) is 25.7 Å². The first kappa shape index (κ1) is 23.2. The van der Waals surface area contributed by atoms with Crippen molar-refractivity contribution >= 4 is 11.9 Å². The summed E-state index contributed by atoms with van der Waals surface area (Å²) in [6.45, 7) is 3.53. The fourth-order valence-corrected chi connectivity index (χ4v) is 5.28. The first-order valence-corrected chi connectivity index (χ1v) is 10.8. The molecule has 0 aromatic carbocycles. The zero-order chi connectivity index (χ0) is 21.6. The van der Waals surface area contributed by atoms with E-state index in [1.165, 1.54) is 0 Å². The summed E-state index contributed by atoms with van der Waals surface area (Å²) in [7, 11) is 0. The molecule has 0 saturated heterocycles. The summed E-state index contributed by atoms with van der Waals surface area (Å²) in [6.07, 6.45) is 5.86. The lowest BCUT2D eigenvalue weighted by atomic mass is 9.75. The predicted octanol–water partition coefficient (Wildman–Crippen LogP) is 3.78. The third kappa shape index (κ3) is 5.51. The summed E-state index contributed by atoms with van der Waals surface area (Å²) in [5.41, 5.74) is 0. The van der Waals surface area contributed by atoms with Crippen LogP contribution in [-0.4, -0.2) is 33.9 Å². The van der Waals surface area contributed by atoms with Crippen molar-refractivity contribution in [3.05, 3.63) is 20.2 Å². The van der Waals surface area contributed by atoms with E-state index in [4.69, 9.17) is 4.74 Å². The van der Waals surface area contributed by atoms with E-state index in [9.17, 15) is 29.8 Å². The van der Waals surface area contributed by atoms with Gasteiger partial charge in [-0.2, -0.15) is 0 Å². The van der Waals surface area contributed by atoms with Gasteiger partial charge in [0.1, 0.15) is 0 Å². The van der Waals surface area contributed by atoms with E-state index >= 15 is 0 Å². The Hall–Kier alpha value is -2.06. The largest absolute Gasteiger partial charge is 0.393 e. The van der Waals surface area contributed by atoms with Crippen LogP contribution in [0, 0.1) is 43.9 Å². The minimum absolute atomic E-state index is 0.319. The van der Waals surface area contributed by atoms with Crippen LogP contribution in [0.15, 0.2) is 0 Å². The highest BCUT2D eigenvalue weighted by atomic mass is 16.6. The van der Waals surface area contributed by atoms with Crippen molar-refractivity contribution in [1.82, 2.24) is 0 Å². The molecule has 2 rings (SSSR count). The van der Waals surface area contributed by atoms with Crippen LogP contribution in [0.1, 0.15) is 78.1 Å². The number of carbonyl (C=O) groups is 2. The lowest BCUT2D eigenvalue weighted by Gasteiger charge is -2.32. The molecular formula is C20H32N2O7. The maximum absolute atomic E-state index is 12.8. The molecule has 0 aliphatic heterocycles. The fraction of sp³-hybridized carbons (Fsp3) is 0.900. The minimum Gasteiger partial charge on any atom is -0.393 e. The number of rotatable bonds is 8. The second kappa shape index (κ2) is 10.6. The summed E-state index contributed by atoms with van der Waals surface area (Å²) in [5.74, 6) is -3.73. The molecular weight excluding hydrogens is 380 g/mol. The molecule has 6 atom stereocenters. The monoisotopic (exact) mass is 412 g/mol. The Kier molecular flexibility index (Phi) is 8.52. The zero-order valence-corrected chi connectivity index (χ0v) is 17.3. The molecule has 9 nitrogen and oxygen atoms in total. The second-order valence-electron chi connectivity index (χ2n) is 8.37. The number of hydrogen-bond donors (Lipinski definition) is 0. The van der Waals surface area contributed by atoms with Gasteiger partial charge in [-0.3, -0.25) is 29.8 Å². The molecule has 0 bridgehead atoms. The van der Waals surface area contributed by atoms with E-state index < -0.39 is 47.7 Å². The Morgan fingerprint density at radius 1 is 0.793 bits per heavy atom. The summed E-state index contributed by atoms with van der Waals surface area (Å²) in [4.78, 5) is 47.7. The first-order chi connectivity index (χ1) is 13.8. The molecule has 0 spiro atoms. The number of carbonyl (C=O) groups excluding carboxylic acids is 2. The average Bonchev–Trinajstić information content (AvgIpc) is 2.69. The van der Waals surface area contributed by atoms with Crippen LogP contribution in [0.3, 0.4) is 0 Å². The van der Waals surface area contributed by atoms with Crippen molar-refractivity contribution in [3.8, 4) is 0 Å². The van der Waals surface area contributed by atoms with Gasteiger partial charge in [-0.05, 0) is 38.5 Å². The molecule has 0 unspecified atom stereocenters. The van der Waals surface area contributed by atoms with Crippen LogP contribution < -0.4 is 0 Å². The molecule has 2 aliphatic carbocycles. The molecule has 29 heavy (non-hydrogen) atoms. The fourth-order valence-electron chi connectivity index (χ4n) is 5.28. The zero-order valence-electron chi connectivity index (χ0n) is 17.3. The molecule has 0 N–H and O–H groups in total. The standard InChI is InChI=1S/C20H32N2O7/c1-3-13(15-9-5-7-11-17(15)21(25)26)19(23)29-20(24)14(4-2)16-10-6-8-12-18(16)22(27)28/h13-18H,3-12H2,1-2H3/t13-,14-,15-,16-,17-,18-/m0/s1. The van der Waals surface area contributed by atoms with E-state index in [2.05, 4.69) is 0 Å². The normalized spacial score (nSPS) is 29.4. The van der Waals surface area contributed by atoms with Crippen molar-refractivity contribution < 1.29 is 24.2 Å². The SMILES string of the molecule is CC[C@H](C(=O)OC(=O)[C@@H](CC)[C@@H]1CCCC[C@@H]1[N+](=O)[O-])[C@@H]1CCCC[C@@H]1[N+](=O)[O-]. The highest BCUT2D eigenvalue weighted by Gasteiger charge is 2.45. The van der Waals surface area contributed by atoms with E-state index in [0.29, 0.717) is 38.5 Å². The highest BCUT2D eigenvalue weighted by Crippen LogP contribution is 2.37. The molecule has 2 aliphatic rings. The topological polar surface area (TPSA) is 130 Å². The minimum atomic E-state index is -0.796. The van der Waals surface area contributed by atoms with Gasteiger partial charge in [-0.1, -0.05) is 26.7 Å². The summed E-state index contributed by atoms with van der Waals surface area (Å²) in [6, 6.07) is -1.59. The number of ether oxygens (including phenoxy) is 1. The Balaban J connectivity index is 2.10. The van der Waals surface area contributed by atoms with Crippen molar-refractivity contribution in [2.24, 2.45) is 23.7 Å². The number of esters is 2. The number of nitro groups is 2. The Bertz CT molecular complexity index is 572. The molecule has 0 aromatic rings.